The number of halogens is 1. The van der Waals surface area contributed by atoms with Gasteiger partial charge in [-0.25, -0.2) is 0 Å². The Balaban J connectivity index is 2.45. The van der Waals surface area contributed by atoms with Gasteiger partial charge >= 0.3 is 0 Å². The van der Waals surface area contributed by atoms with Gasteiger partial charge < -0.3 is 10.2 Å². The predicted octanol–water partition coefficient (Wildman–Crippen LogP) is 3.48. The summed E-state index contributed by atoms with van der Waals surface area (Å²) in [5, 5.41) is 19.0. The normalized spacial score (nSPS) is 31.2. The minimum absolute atomic E-state index is 0.0245. The molecule has 17 heavy (non-hydrogen) atoms. The standard InChI is InChI=1S/C14H27ClO2/c15-13(11-16)12-9-7-5-3-1-2-4-6-8-10-14(12)17/h12-14,16-17H,1-11H2/t12-,13+,14-/m0/s1. The van der Waals surface area contributed by atoms with Gasteiger partial charge in [0.15, 0.2) is 0 Å². The number of hydrogen-bond donors (Lipinski definition) is 2. The van der Waals surface area contributed by atoms with Gasteiger partial charge in [0, 0.05) is 5.92 Å². The fourth-order valence-corrected chi connectivity index (χ4v) is 3.05. The summed E-state index contributed by atoms with van der Waals surface area (Å²) in [7, 11) is 0. The molecule has 0 aromatic carbocycles. The Kier molecular flexibility index (Phi) is 8.25. The molecule has 0 unspecified atom stereocenters. The maximum atomic E-state index is 10.2. The zero-order valence-corrected chi connectivity index (χ0v) is 11.5. The first-order valence-electron chi connectivity index (χ1n) is 7.18. The summed E-state index contributed by atoms with van der Waals surface area (Å²) in [6, 6.07) is 0. The predicted molar refractivity (Wildman–Crippen MR) is 72.4 cm³/mol. The van der Waals surface area contributed by atoms with Gasteiger partial charge in [0.25, 0.3) is 0 Å². The van der Waals surface area contributed by atoms with Crippen LogP contribution in [-0.4, -0.2) is 28.3 Å². The number of alkyl halides is 1. The first-order valence-corrected chi connectivity index (χ1v) is 7.62. The van der Waals surface area contributed by atoms with Gasteiger partial charge in [0.1, 0.15) is 0 Å². The molecule has 3 atom stereocenters. The second-order valence-corrected chi connectivity index (χ2v) is 5.90. The van der Waals surface area contributed by atoms with E-state index in [0.29, 0.717) is 0 Å². The lowest BCUT2D eigenvalue weighted by molar-refractivity contribution is 0.0753. The van der Waals surface area contributed by atoms with Crippen LogP contribution < -0.4 is 0 Å². The summed E-state index contributed by atoms with van der Waals surface area (Å²) in [5.41, 5.74) is 0. The minimum Gasteiger partial charge on any atom is -0.395 e. The molecule has 0 heterocycles. The first kappa shape index (κ1) is 15.3. The van der Waals surface area contributed by atoms with Crippen LogP contribution in [0, 0.1) is 5.92 Å². The largest absolute Gasteiger partial charge is 0.395 e. The highest BCUT2D eigenvalue weighted by atomic mass is 35.5. The van der Waals surface area contributed by atoms with E-state index in [1.807, 2.05) is 0 Å². The topological polar surface area (TPSA) is 40.5 Å². The van der Waals surface area contributed by atoms with E-state index in [4.69, 9.17) is 16.7 Å². The summed E-state index contributed by atoms with van der Waals surface area (Å²) >= 11 is 6.12. The Labute approximate surface area is 110 Å². The van der Waals surface area contributed by atoms with Gasteiger partial charge in [0.05, 0.1) is 18.1 Å². The van der Waals surface area contributed by atoms with Gasteiger partial charge in [-0.3, -0.25) is 0 Å². The Morgan fingerprint density at radius 2 is 1.35 bits per heavy atom. The maximum absolute atomic E-state index is 10.2. The van der Waals surface area contributed by atoms with Gasteiger partial charge in [-0.05, 0) is 12.8 Å². The molecule has 3 heteroatoms. The van der Waals surface area contributed by atoms with E-state index in [-0.39, 0.29) is 24.0 Å². The lowest BCUT2D eigenvalue weighted by atomic mass is 9.88. The number of hydrogen-bond acceptors (Lipinski definition) is 2. The van der Waals surface area contributed by atoms with Crippen LogP contribution >= 0.6 is 11.6 Å². The average molecular weight is 263 g/mol. The third-order valence-electron chi connectivity index (χ3n) is 3.92. The van der Waals surface area contributed by atoms with Gasteiger partial charge in [0.2, 0.25) is 0 Å². The van der Waals surface area contributed by atoms with Crippen molar-refractivity contribution in [3.05, 3.63) is 0 Å². The van der Waals surface area contributed by atoms with E-state index in [1.54, 1.807) is 0 Å². The number of rotatable bonds is 2. The fourth-order valence-electron chi connectivity index (χ4n) is 2.76. The van der Waals surface area contributed by atoms with Gasteiger partial charge in [-0.15, -0.1) is 11.6 Å². The second-order valence-electron chi connectivity index (χ2n) is 5.34. The molecule has 1 aliphatic rings. The summed E-state index contributed by atoms with van der Waals surface area (Å²) in [6.45, 7) is -0.0245. The van der Waals surface area contributed by atoms with Crippen molar-refractivity contribution < 1.29 is 10.2 Å². The van der Waals surface area contributed by atoms with Crippen LogP contribution in [0.2, 0.25) is 0 Å². The van der Waals surface area contributed by atoms with Crippen LogP contribution in [0.25, 0.3) is 0 Å². The van der Waals surface area contributed by atoms with Gasteiger partial charge in [-0.1, -0.05) is 51.4 Å². The molecule has 2 N–H and O–H groups in total. The summed E-state index contributed by atoms with van der Waals surface area (Å²) in [6.07, 6.45) is 11.4. The fraction of sp³-hybridized carbons (Fsp3) is 1.00. The summed E-state index contributed by atoms with van der Waals surface area (Å²) in [5.74, 6) is 0.0705. The quantitative estimate of drug-likeness (QED) is 0.748. The van der Waals surface area contributed by atoms with E-state index >= 15 is 0 Å². The highest BCUT2D eigenvalue weighted by Crippen LogP contribution is 2.26. The summed E-state index contributed by atoms with van der Waals surface area (Å²) in [4.78, 5) is 0. The molecular weight excluding hydrogens is 236 g/mol. The highest BCUT2D eigenvalue weighted by molar-refractivity contribution is 6.20. The second kappa shape index (κ2) is 9.18. The monoisotopic (exact) mass is 262 g/mol. The lowest BCUT2D eigenvalue weighted by Crippen LogP contribution is -2.31. The summed E-state index contributed by atoms with van der Waals surface area (Å²) < 4.78 is 0. The maximum Gasteiger partial charge on any atom is 0.0619 e. The average Bonchev–Trinajstić information content (AvgIpc) is 2.33. The molecule has 0 aromatic heterocycles. The molecule has 102 valence electrons. The SMILES string of the molecule is OC[C@@H](Cl)[C@@H]1CCCCCCCCCC[C@@H]1O. The van der Waals surface area contributed by atoms with Crippen LogP contribution in [0.5, 0.6) is 0 Å². The van der Waals surface area contributed by atoms with Crippen molar-refractivity contribution in [2.45, 2.75) is 75.7 Å². The van der Waals surface area contributed by atoms with Crippen LogP contribution in [0.15, 0.2) is 0 Å². The van der Waals surface area contributed by atoms with Gasteiger partial charge in [-0.2, -0.15) is 0 Å². The number of aliphatic hydroxyl groups is 2. The molecule has 1 fully saturated rings. The van der Waals surface area contributed by atoms with E-state index in [9.17, 15) is 5.11 Å². The Morgan fingerprint density at radius 3 is 1.88 bits per heavy atom. The molecule has 0 radical (unpaired) electrons. The molecule has 0 aliphatic heterocycles. The zero-order valence-electron chi connectivity index (χ0n) is 10.8. The lowest BCUT2D eigenvalue weighted by Gasteiger charge is -2.26. The molecule has 0 spiro atoms. The third kappa shape index (κ3) is 6.08. The van der Waals surface area contributed by atoms with E-state index < -0.39 is 0 Å². The van der Waals surface area contributed by atoms with Crippen LogP contribution in [0.4, 0.5) is 0 Å². The molecule has 1 aliphatic carbocycles. The Bertz CT molecular complexity index is 187. The Morgan fingerprint density at radius 1 is 0.882 bits per heavy atom. The van der Waals surface area contributed by atoms with Crippen molar-refractivity contribution in [2.24, 2.45) is 5.92 Å². The molecule has 0 aromatic rings. The van der Waals surface area contributed by atoms with E-state index in [1.165, 1.54) is 38.5 Å². The van der Waals surface area contributed by atoms with E-state index in [0.717, 1.165) is 25.7 Å². The smallest absolute Gasteiger partial charge is 0.0619 e. The van der Waals surface area contributed by atoms with Crippen molar-refractivity contribution >= 4 is 11.6 Å². The molecule has 0 amide bonds. The van der Waals surface area contributed by atoms with Crippen LogP contribution in [0.1, 0.15) is 64.2 Å². The Hall–Kier alpha value is 0.210. The molecule has 2 nitrogen and oxygen atoms in total. The molecule has 0 saturated heterocycles. The van der Waals surface area contributed by atoms with Crippen molar-refractivity contribution in [3.63, 3.8) is 0 Å². The van der Waals surface area contributed by atoms with E-state index in [2.05, 4.69) is 0 Å². The van der Waals surface area contributed by atoms with Crippen LogP contribution in [0.3, 0.4) is 0 Å². The zero-order chi connectivity index (χ0) is 12.5. The van der Waals surface area contributed by atoms with Crippen molar-refractivity contribution in [1.82, 2.24) is 0 Å². The third-order valence-corrected chi connectivity index (χ3v) is 4.38. The molecule has 1 rings (SSSR count). The molecular formula is C14H27ClO2. The molecule has 1 saturated carbocycles. The highest BCUT2D eigenvalue weighted by Gasteiger charge is 2.25. The number of aliphatic hydroxyl groups excluding tert-OH is 2. The van der Waals surface area contributed by atoms with Crippen molar-refractivity contribution in [2.75, 3.05) is 6.61 Å². The van der Waals surface area contributed by atoms with Crippen molar-refractivity contribution in [3.8, 4) is 0 Å². The first-order chi connectivity index (χ1) is 8.25. The minimum atomic E-state index is -0.330. The van der Waals surface area contributed by atoms with Crippen LogP contribution in [-0.2, 0) is 0 Å². The van der Waals surface area contributed by atoms with Crippen molar-refractivity contribution in [1.29, 1.82) is 0 Å². The molecule has 0 bridgehead atoms.